The van der Waals surface area contributed by atoms with Crippen LogP contribution in [0.5, 0.6) is 0 Å². The molecule has 0 bridgehead atoms. The summed E-state index contributed by atoms with van der Waals surface area (Å²) < 4.78 is 0. The van der Waals surface area contributed by atoms with Crippen molar-refractivity contribution in [3.63, 3.8) is 0 Å². The van der Waals surface area contributed by atoms with E-state index in [1.807, 2.05) is 12.1 Å². The molecule has 0 spiro atoms. The molecule has 142 valence electrons. The fourth-order valence-corrected chi connectivity index (χ4v) is 4.29. The molecule has 1 atom stereocenters. The van der Waals surface area contributed by atoms with E-state index in [-0.39, 0.29) is 35.7 Å². The van der Waals surface area contributed by atoms with E-state index in [2.05, 4.69) is 39.5 Å². The van der Waals surface area contributed by atoms with Gasteiger partial charge in [0.2, 0.25) is 11.8 Å². The maximum atomic E-state index is 12.0. The van der Waals surface area contributed by atoms with Gasteiger partial charge in [-0.2, -0.15) is 0 Å². The number of imide groups is 1. The summed E-state index contributed by atoms with van der Waals surface area (Å²) in [5, 5.41) is 5.85. The van der Waals surface area contributed by atoms with E-state index in [0.717, 1.165) is 44.8 Å². The fraction of sp³-hybridized carbons (Fsp3) is 0.579. The molecule has 3 heterocycles. The van der Waals surface area contributed by atoms with Gasteiger partial charge in [-0.15, -0.1) is 12.4 Å². The van der Waals surface area contributed by atoms with Gasteiger partial charge in [0.25, 0.3) is 0 Å². The average molecular weight is 379 g/mol. The standard InChI is InChI=1S/C19H26N4O2.ClH/c1-19(23-10-8-20-9-11-23)12-22(13-19)15-4-2-14(3-5-15)16-6-7-17(24)21-18(16)25;/h2-5,16,20H,6-13H2,1H3,(H,21,24,25);1H. The van der Waals surface area contributed by atoms with Crippen molar-refractivity contribution in [2.24, 2.45) is 0 Å². The number of benzene rings is 1. The van der Waals surface area contributed by atoms with Crippen molar-refractivity contribution in [2.75, 3.05) is 44.2 Å². The minimum atomic E-state index is -0.200. The Hall–Kier alpha value is -1.63. The number of anilines is 1. The van der Waals surface area contributed by atoms with Gasteiger partial charge >= 0.3 is 0 Å². The van der Waals surface area contributed by atoms with E-state index in [1.54, 1.807) is 0 Å². The fourth-order valence-electron chi connectivity index (χ4n) is 4.29. The lowest BCUT2D eigenvalue weighted by molar-refractivity contribution is -0.134. The van der Waals surface area contributed by atoms with Gasteiger partial charge in [-0.05, 0) is 31.0 Å². The molecule has 0 radical (unpaired) electrons. The minimum Gasteiger partial charge on any atom is -0.368 e. The molecule has 3 aliphatic heterocycles. The summed E-state index contributed by atoms with van der Waals surface area (Å²) >= 11 is 0. The Morgan fingerprint density at radius 2 is 1.73 bits per heavy atom. The Bertz CT molecular complexity index is 667. The molecule has 2 amide bonds. The van der Waals surface area contributed by atoms with Gasteiger partial charge < -0.3 is 10.2 Å². The molecule has 26 heavy (non-hydrogen) atoms. The number of carbonyl (C=O) groups is 2. The summed E-state index contributed by atoms with van der Waals surface area (Å²) in [7, 11) is 0. The number of hydrogen-bond acceptors (Lipinski definition) is 5. The van der Waals surface area contributed by atoms with Gasteiger partial charge in [0.1, 0.15) is 0 Å². The smallest absolute Gasteiger partial charge is 0.234 e. The largest absolute Gasteiger partial charge is 0.368 e. The lowest BCUT2D eigenvalue weighted by Crippen LogP contribution is -2.71. The highest BCUT2D eigenvalue weighted by molar-refractivity contribution is 6.00. The monoisotopic (exact) mass is 378 g/mol. The molecule has 3 fully saturated rings. The summed E-state index contributed by atoms with van der Waals surface area (Å²) in [5.74, 6) is -0.529. The van der Waals surface area contributed by atoms with Crippen molar-refractivity contribution in [1.29, 1.82) is 0 Å². The lowest BCUT2D eigenvalue weighted by Gasteiger charge is -2.56. The number of nitrogens with one attached hydrogen (secondary N) is 2. The molecule has 1 unspecified atom stereocenters. The highest BCUT2D eigenvalue weighted by Crippen LogP contribution is 2.33. The van der Waals surface area contributed by atoms with Crippen LogP contribution in [0.2, 0.25) is 0 Å². The number of rotatable bonds is 3. The Morgan fingerprint density at radius 3 is 2.35 bits per heavy atom. The Kier molecular flexibility index (Phi) is 5.55. The Labute approximate surface area is 160 Å². The SMILES string of the molecule is CC1(N2CCNCC2)CN(c2ccc(C3CCC(=O)NC3=O)cc2)C1.Cl. The van der Waals surface area contributed by atoms with E-state index < -0.39 is 0 Å². The van der Waals surface area contributed by atoms with Gasteiger partial charge in [-0.3, -0.25) is 19.8 Å². The summed E-state index contributed by atoms with van der Waals surface area (Å²) in [4.78, 5) is 28.3. The van der Waals surface area contributed by atoms with Crippen molar-refractivity contribution in [3.8, 4) is 0 Å². The van der Waals surface area contributed by atoms with E-state index >= 15 is 0 Å². The normalized spacial score (nSPS) is 25.9. The molecule has 6 nitrogen and oxygen atoms in total. The molecular weight excluding hydrogens is 352 g/mol. The van der Waals surface area contributed by atoms with Crippen LogP contribution in [-0.4, -0.2) is 61.5 Å². The van der Waals surface area contributed by atoms with Crippen molar-refractivity contribution < 1.29 is 9.59 Å². The second-order valence-electron chi connectivity index (χ2n) is 7.69. The third kappa shape index (κ3) is 3.59. The first-order valence-electron chi connectivity index (χ1n) is 9.20. The van der Waals surface area contributed by atoms with Gasteiger partial charge in [0.05, 0.1) is 11.5 Å². The number of piperidine rings is 1. The predicted octanol–water partition coefficient (Wildman–Crippen LogP) is 1.11. The van der Waals surface area contributed by atoms with Crippen LogP contribution in [0.25, 0.3) is 0 Å². The summed E-state index contributed by atoms with van der Waals surface area (Å²) in [6.45, 7) is 8.85. The van der Waals surface area contributed by atoms with Crippen LogP contribution in [-0.2, 0) is 9.59 Å². The predicted molar refractivity (Wildman–Crippen MR) is 104 cm³/mol. The van der Waals surface area contributed by atoms with Crippen LogP contribution < -0.4 is 15.5 Å². The maximum Gasteiger partial charge on any atom is 0.234 e. The van der Waals surface area contributed by atoms with E-state index in [1.165, 1.54) is 5.69 Å². The first kappa shape index (κ1) is 19.1. The van der Waals surface area contributed by atoms with E-state index in [9.17, 15) is 9.59 Å². The van der Waals surface area contributed by atoms with Crippen LogP contribution in [0.3, 0.4) is 0 Å². The van der Waals surface area contributed by atoms with E-state index in [4.69, 9.17) is 0 Å². The number of amides is 2. The average Bonchev–Trinajstić information content (AvgIpc) is 2.60. The zero-order chi connectivity index (χ0) is 17.4. The maximum absolute atomic E-state index is 12.0. The Balaban J connectivity index is 0.00000196. The minimum absolute atomic E-state index is 0. The summed E-state index contributed by atoms with van der Waals surface area (Å²) in [5.41, 5.74) is 2.48. The third-order valence-electron chi connectivity index (χ3n) is 5.84. The zero-order valence-corrected chi connectivity index (χ0v) is 16.0. The van der Waals surface area contributed by atoms with Crippen LogP contribution >= 0.6 is 12.4 Å². The number of nitrogens with zero attached hydrogens (tertiary/aromatic N) is 2. The molecule has 7 heteroatoms. The van der Waals surface area contributed by atoms with Gasteiger partial charge in [-0.25, -0.2) is 0 Å². The molecule has 3 saturated heterocycles. The first-order valence-corrected chi connectivity index (χ1v) is 9.20. The molecule has 0 saturated carbocycles. The highest BCUT2D eigenvalue weighted by atomic mass is 35.5. The molecule has 0 aromatic heterocycles. The summed E-state index contributed by atoms with van der Waals surface area (Å²) in [6, 6.07) is 8.29. The van der Waals surface area contributed by atoms with Gasteiger partial charge in [-0.1, -0.05) is 12.1 Å². The zero-order valence-electron chi connectivity index (χ0n) is 15.2. The Morgan fingerprint density at radius 1 is 1.08 bits per heavy atom. The van der Waals surface area contributed by atoms with Crippen molar-refractivity contribution >= 4 is 29.9 Å². The van der Waals surface area contributed by atoms with Crippen molar-refractivity contribution in [2.45, 2.75) is 31.2 Å². The molecule has 3 aliphatic rings. The topological polar surface area (TPSA) is 64.7 Å². The molecular formula is C19H27ClN4O2. The van der Waals surface area contributed by atoms with Gasteiger partial charge in [0, 0.05) is 51.4 Å². The quantitative estimate of drug-likeness (QED) is 0.771. The second-order valence-corrected chi connectivity index (χ2v) is 7.69. The van der Waals surface area contributed by atoms with Crippen molar-refractivity contribution in [3.05, 3.63) is 29.8 Å². The molecule has 2 N–H and O–H groups in total. The molecule has 0 aliphatic carbocycles. The second kappa shape index (κ2) is 7.55. The van der Waals surface area contributed by atoms with Crippen LogP contribution in [0, 0.1) is 0 Å². The molecule has 4 rings (SSSR count). The van der Waals surface area contributed by atoms with Crippen LogP contribution in [0.15, 0.2) is 24.3 Å². The molecule has 1 aromatic carbocycles. The number of carbonyl (C=O) groups excluding carboxylic acids is 2. The van der Waals surface area contributed by atoms with Crippen LogP contribution in [0.1, 0.15) is 31.2 Å². The number of hydrogen-bond donors (Lipinski definition) is 2. The summed E-state index contributed by atoms with van der Waals surface area (Å²) in [6.07, 6.45) is 1.03. The van der Waals surface area contributed by atoms with Gasteiger partial charge in [0.15, 0.2) is 0 Å². The number of halogens is 1. The lowest BCUT2D eigenvalue weighted by atomic mass is 9.87. The van der Waals surface area contributed by atoms with Crippen molar-refractivity contribution in [1.82, 2.24) is 15.5 Å². The van der Waals surface area contributed by atoms with E-state index in [0.29, 0.717) is 12.8 Å². The molecule has 1 aromatic rings. The number of piperazine rings is 1. The third-order valence-corrected chi connectivity index (χ3v) is 5.84. The first-order chi connectivity index (χ1) is 12.0. The highest BCUT2D eigenvalue weighted by Gasteiger charge is 2.43. The van der Waals surface area contributed by atoms with Crippen LogP contribution in [0.4, 0.5) is 5.69 Å².